The average molecular weight is 316 g/mol. The minimum absolute atomic E-state index is 0. The number of rotatable bonds is 0. The van der Waals surface area contributed by atoms with Gasteiger partial charge in [0, 0.05) is 57.0 Å². The van der Waals surface area contributed by atoms with Crippen LogP contribution < -0.4 is 0 Å². The van der Waals surface area contributed by atoms with Crippen LogP contribution in [-0.4, -0.2) is 37.2 Å². The van der Waals surface area contributed by atoms with Crippen molar-refractivity contribution in [2.24, 2.45) is 0 Å². The Labute approximate surface area is 92.2 Å². The topological polar surface area (TPSA) is 0 Å². The molecule has 0 saturated carbocycles. The standard InChI is InChI=1S/Al.Fe.Ga.Gd.6H. The monoisotopic (exact) mass is 316 g/mol. The van der Waals surface area contributed by atoms with E-state index in [4.69, 9.17) is 0 Å². The van der Waals surface area contributed by atoms with Crippen LogP contribution in [0.15, 0.2) is 0 Å². The van der Waals surface area contributed by atoms with Crippen molar-refractivity contribution in [3.05, 3.63) is 0 Å². The third-order valence-electron chi connectivity index (χ3n) is 0. The van der Waals surface area contributed by atoms with E-state index in [9.17, 15) is 0 Å². The molecule has 0 aromatic rings. The van der Waals surface area contributed by atoms with Crippen molar-refractivity contribution in [3.8, 4) is 0 Å². The predicted molar refractivity (Wildman–Crippen MR) is 19.9 cm³/mol. The molecule has 0 amide bonds. The quantitative estimate of drug-likeness (QED) is 0.439. The summed E-state index contributed by atoms with van der Waals surface area (Å²) < 4.78 is 0. The van der Waals surface area contributed by atoms with E-state index in [2.05, 4.69) is 0 Å². The Morgan fingerprint density at radius 2 is 1.00 bits per heavy atom. The molecule has 0 nitrogen and oxygen atoms in total. The Morgan fingerprint density at radius 3 is 1.00 bits per heavy atom. The summed E-state index contributed by atoms with van der Waals surface area (Å²) in [5.41, 5.74) is 0. The fraction of sp³-hybridized carbons (Fsp3) is 0. The van der Waals surface area contributed by atoms with E-state index in [0.29, 0.717) is 0 Å². The van der Waals surface area contributed by atoms with Gasteiger partial charge in [0.25, 0.3) is 0 Å². The van der Waals surface area contributed by atoms with E-state index in [-0.39, 0.29) is 94.2 Å². The van der Waals surface area contributed by atoms with E-state index < -0.39 is 0 Å². The smallest absolute Gasteiger partial charge is 0 e. The summed E-state index contributed by atoms with van der Waals surface area (Å²) in [6.45, 7) is 0. The summed E-state index contributed by atoms with van der Waals surface area (Å²) in [6, 6.07) is 0. The molecule has 0 fully saturated rings. The zero-order valence-electron chi connectivity index (χ0n) is 0.707. The van der Waals surface area contributed by atoms with Crippen molar-refractivity contribution in [2.75, 3.05) is 0 Å². The van der Waals surface area contributed by atoms with Gasteiger partial charge in [0.2, 0.25) is 0 Å². The zero-order chi connectivity index (χ0) is 0. The largest absolute Gasteiger partial charge is 0 e. The molecule has 4 heavy (non-hydrogen) atoms. The third-order valence-corrected chi connectivity index (χ3v) is 0. The van der Waals surface area contributed by atoms with Crippen LogP contribution in [0.3, 0.4) is 0 Å². The van der Waals surface area contributed by atoms with Crippen molar-refractivity contribution >= 4 is 37.2 Å². The minimum Gasteiger partial charge on any atom is 0 e. The van der Waals surface area contributed by atoms with Crippen LogP contribution in [0, 0.1) is 39.9 Å². The van der Waals surface area contributed by atoms with Crippen LogP contribution in [0.25, 0.3) is 0 Å². The maximum Gasteiger partial charge on any atom is 0 e. The maximum absolute atomic E-state index is 0. The van der Waals surface area contributed by atoms with Gasteiger partial charge in [0.15, 0.2) is 17.4 Å². The van der Waals surface area contributed by atoms with E-state index in [1.54, 1.807) is 0 Å². The normalized spacial score (nSPS) is 0. The fourth-order valence-corrected chi connectivity index (χ4v) is 0. The molecule has 0 aliphatic rings. The Hall–Kier alpha value is 3.01. The minimum atomic E-state index is 0. The molecule has 0 aromatic heterocycles. The molecular formula is H6AlFeGaGd. The molecule has 0 aromatic carbocycles. The molecule has 0 aliphatic heterocycles. The molecule has 0 N–H and O–H groups in total. The van der Waals surface area contributed by atoms with Gasteiger partial charge in [-0.25, -0.2) is 0 Å². The summed E-state index contributed by atoms with van der Waals surface area (Å²) in [5, 5.41) is 0. The maximum atomic E-state index is 0. The first kappa shape index (κ1) is 27.9. The van der Waals surface area contributed by atoms with E-state index in [1.165, 1.54) is 0 Å². The van der Waals surface area contributed by atoms with E-state index in [0.717, 1.165) is 0 Å². The predicted octanol–water partition coefficient (Wildman–Crippen LogP) is -2.37. The van der Waals surface area contributed by atoms with E-state index >= 15 is 0 Å². The second kappa shape index (κ2) is 16.6. The molecule has 0 bridgehead atoms. The Bertz CT molecular complexity index is 8.00. The van der Waals surface area contributed by atoms with Crippen LogP contribution in [0.4, 0.5) is 0 Å². The Balaban J connectivity index is 0. The molecule has 0 radical (unpaired) electrons. The average Bonchev–Trinajstić information content (AvgIpc) is 0. The van der Waals surface area contributed by atoms with Gasteiger partial charge in [-0.2, -0.15) is 0 Å². The summed E-state index contributed by atoms with van der Waals surface area (Å²) in [7, 11) is 0. The Kier molecular flexibility index (Phi) is 116. The van der Waals surface area contributed by atoms with Gasteiger partial charge in [-0.1, -0.05) is 0 Å². The van der Waals surface area contributed by atoms with Crippen molar-refractivity contribution in [3.63, 3.8) is 0 Å². The number of hydrogen-bond acceptors (Lipinski definition) is 0. The summed E-state index contributed by atoms with van der Waals surface area (Å²) in [5.74, 6) is 0. The van der Waals surface area contributed by atoms with E-state index in [1.807, 2.05) is 0 Å². The van der Waals surface area contributed by atoms with Crippen LogP contribution in [0.1, 0.15) is 0 Å². The first-order valence-electron chi connectivity index (χ1n) is 0. The summed E-state index contributed by atoms with van der Waals surface area (Å²) in [6.07, 6.45) is 0. The molecule has 0 aliphatic carbocycles. The van der Waals surface area contributed by atoms with Crippen LogP contribution in [0.5, 0.6) is 0 Å². The SMILES string of the molecule is [AlH3].[Fe].[GaH3].[Gd]. The second-order valence-electron chi connectivity index (χ2n) is 0. The molecule has 0 saturated heterocycles. The van der Waals surface area contributed by atoms with Gasteiger partial charge < -0.3 is 0 Å². The first-order valence-corrected chi connectivity index (χ1v) is 0. The van der Waals surface area contributed by atoms with Crippen molar-refractivity contribution in [2.45, 2.75) is 0 Å². The van der Waals surface area contributed by atoms with Crippen LogP contribution >= 0.6 is 0 Å². The number of hydrogen-bond donors (Lipinski definition) is 0. The van der Waals surface area contributed by atoms with Crippen molar-refractivity contribution in [1.82, 2.24) is 0 Å². The second-order valence-corrected chi connectivity index (χ2v) is 0. The molecule has 0 spiro atoms. The van der Waals surface area contributed by atoms with Crippen molar-refractivity contribution in [1.29, 1.82) is 0 Å². The summed E-state index contributed by atoms with van der Waals surface area (Å²) in [4.78, 5) is 0. The molecule has 0 atom stereocenters. The van der Waals surface area contributed by atoms with Crippen molar-refractivity contribution < 1.29 is 57.0 Å². The van der Waals surface area contributed by atoms with Gasteiger partial charge in [-0.15, -0.1) is 0 Å². The zero-order valence-corrected chi connectivity index (χ0v) is 4.08. The first-order chi connectivity index (χ1) is 0. The van der Waals surface area contributed by atoms with Gasteiger partial charge in [-0.05, 0) is 0 Å². The molecule has 0 heterocycles. The fourth-order valence-electron chi connectivity index (χ4n) is 0. The van der Waals surface area contributed by atoms with Crippen LogP contribution in [0.2, 0.25) is 0 Å². The van der Waals surface area contributed by atoms with Crippen LogP contribution in [-0.2, 0) is 17.1 Å². The molecule has 0 rings (SSSR count). The van der Waals surface area contributed by atoms with Gasteiger partial charge in [0.1, 0.15) is 0 Å². The molecule has 28 valence electrons. The van der Waals surface area contributed by atoms with Gasteiger partial charge >= 0.3 is 19.8 Å². The molecule has 4 heteroatoms. The van der Waals surface area contributed by atoms with Gasteiger partial charge in [-0.3, -0.25) is 0 Å². The molecule has 0 unspecified atom stereocenters. The summed E-state index contributed by atoms with van der Waals surface area (Å²) >= 11 is 0. The Morgan fingerprint density at radius 1 is 1.00 bits per heavy atom. The third kappa shape index (κ3) is 8.89. The molecular weight excluding hydrogens is 310 g/mol. The van der Waals surface area contributed by atoms with Gasteiger partial charge in [0.05, 0.1) is 0 Å².